The van der Waals surface area contributed by atoms with Crippen LogP contribution >= 0.6 is 23.1 Å². The molecule has 2 aromatic carbocycles. The topological polar surface area (TPSA) is 92.5 Å². The van der Waals surface area contributed by atoms with Crippen LogP contribution in [0, 0.1) is 17.8 Å². The van der Waals surface area contributed by atoms with Crippen LogP contribution < -0.4 is 16.0 Å². The lowest BCUT2D eigenvalue weighted by molar-refractivity contribution is -0.125. The Labute approximate surface area is 250 Å². The van der Waals surface area contributed by atoms with Crippen LogP contribution in [-0.4, -0.2) is 29.0 Å². The maximum atomic E-state index is 13.8. The van der Waals surface area contributed by atoms with Gasteiger partial charge in [-0.05, 0) is 61.7 Å². The second kappa shape index (κ2) is 13.4. The first-order chi connectivity index (χ1) is 19.9. The Morgan fingerprint density at radius 2 is 1.80 bits per heavy atom. The quantitative estimate of drug-likeness (QED) is 0.305. The molecule has 2 heterocycles. The van der Waals surface area contributed by atoms with Gasteiger partial charge in [-0.25, -0.2) is 0 Å². The molecule has 212 valence electrons. The first-order valence-electron chi connectivity index (χ1n) is 14.2. The van der Waals surface area contributed by atoms with Crippen molar-refractivity contribution in [3.05, 3.63) is 87.6 Å². The molecule has 3 amide bonds. The second-order valence-electron chi connectivity index (χ2n) is 10.8. The maximum Gasteiger partial charge on any atom is 0.248 e. The highest BCUT2D eigenvalue weighted by molar-refractivity contribution is 8.01. The number of nitrogens with one attached hydrogen (secondary N) is 1. The molecule has 3 aromatic rings. The molecular formula is C33H35N3O3S2. The maximum absolute atomic E-state index is 13.8. The largest absolute Gasteiger partial charge is 0.366 e. The fourth-order valence-electron chi connectivity index (χ4n) is 5.64. The molecule has 5 rings (SSSR count). The molecule has 6 nitrogen and oxygen atoms in total. The molecule has 0 bridgehead atoms. The third-order valence-corrected chi connectivity index (χ3v) is 10.2. The van der Waals surface area contributed by atoms with Crippen molar-refractivity contribution < 1.29 is 14.4 Å². The van der Waals surface area contributed by atoms with Crippen molar-refractivity contribution in [1.82, 2.24) is 5.32 Å². The molecular weight excluding hydrogens is 551 g/mol. The van der Waals surface area contributed by atoms with Crippen LogP contribution in [0.25, 0.3) is 0 Å². The normalized spacial score (nSPS) is 19.8. The average Bonchev–Trinajstić information content (AvgIpc) is 3.57. The van der Waals surface area contributed by atoms with Crippen molar-refractivity contribution in [3.8, 4) is 11.8 Å². The number of carbonyl (C=O) groups excluding carboxylic acids is 3. The van der Waals surface area contributed by atoms with Gasteiger partial charge in [-0.3, -0.25) is 19.3 Å². The highest BCUT2D eigenvalue weighted by Crippen LogP contribution is 2.48. The lowest BCUT2D eigenvalue weighted by Gasteiger charge is -2.25. The highest BCUT2D eigenvalue weighted by Gasteiger charge is 2.43. The van der Waals surface area contributed by atoms with E-state index in [0.29, 0.717) is 17.2 Å². The van der Waals surface area contributed by atoms with Gasteiger partial charge in [-0.2, -0.15) is 0 Å². The summed E-state index contributed by atoms with van der Waals surface area (Å²) < 4.78 is 0. The number of hydrogen-bond donors (Lipinski definition) is 2. The van der Waals surface area contributed by atoms with Crippen molar-refractivity contribution in [2.45, 2.75) is 68.5 Å². The molecule has 2 fully saturated rings. The van der Waals surface area contributed by atoms with Gasteiger partial charge in [0.25, 0.3) is 0 Å². The van der Waals surface area contributed by atoms with Gasteiger partial charge >= 0.3 is 0 Å². The van der Waals surface area contributed by atoms with E-state index in [-0.39, 0.29) is 29.7 Å². The zero-order valence-corrected chi connectivity index (χ0v) is 24.8. The van der Waals surface area contributed by atoms with Gasteiger partial charge in [0.15, 0.2) is 0 Å². The molecule has 3 unspecified atom stereocenters. The van der Waals surface area contributed by atoms with Gasteiger partial charge in [0, 0.05) is 34.2 Å². The Morgan fingerprint density at radius 1 is 1.02 bits per heavy atom. The van der Waals surface area contributed by atoms with E-state index in [1.54, 1.807) is 29.2 Å². The van der Waals surface area contributed by atoms with Crippen LogP contribution in [0.15, 0.2) is 66.7 Å². The van der Waals surface area contributed by atoms with Crippen molar-refractivity contribution >= 4 is 46.5 Å². The number of thioether (sulfide) groups is 1. The lowest BCUT2D eigenvalue weighted by atomic mass is 9.85. The van der Waals surface area contributed by atoms with Crippen molar-refractivity contribution in [2.75, 3.05) is 4.90 Å². The van der Waals surface area contributed by atoms with Gasteiger partial charge in [0.2, 0.25) is 17.7 Å². The minimum absolute atomic E-state index is 0.0781. The standard InChI is InChI=1S/C33H35N3O3S2/c1-22(19-24-11-6-3-7-12-24)35-30(37)21-29-32(39)36(26-14-8-13-25(20-26)31(34)38)33(41-29)28-18-17-27(40-28)16-15-23-9-4-2-5-10-23/h2,4-5,8-10,13-14,17-18,20,22,24,29,33H,3,6-7,11-12,19,21H2,1H3,(H2,34,38)(H,35,37). The summed E-state index contributed by atoms with van der Waals surface area (Å²) in [7, 11) is 0. The van der Waals surface area contributed by atoms with Crippen LogP contribution in [0.2, 0.25) is 0 Å². The Bertz CT molecular complexity index is 1450. The SMILES string of the molecule is CC(CC1CCCCC1)NC(=O)CC1SC(c2ccc(C#Cc3ccccc3)s2)N(c2cccc(C(N)=O)c2)C1=O. The number of benzene rings is 2. The van der Waals surface area contributed by atoms with Crippen LogP contribution in [0.4, 0.5) is 5.69 Å². The van der Waals surface area contributed by atoms with Crippen LogP contribution in [0.1, 0.15) is 82.9 Å². The predicted octanol–water partition coefficient (Wildman–Crippen LogP) is 6.26. The Balaban J connectivity index is 1.34. The molecule has 3 N–H and O–H groups in total. The highest BCUT2D eigenvalue weighted by atomic mass is 32.2. The minimum Gasteiger partial charge on any atom is -0.366 e. The number of nitrogens with zero attached hydrogens (tertiary/aromatic N) is 1. The molecule has 8 heteroatoms. The second-order valence-corrected chi connectivity index (χ2v) is 13.2. The molecule has 1 aliphatic carbocycles. The van der Waals surface area contributed by atoms with Crippen LogP contribution in [0.5, 0.6) is 0 Å². The monoisotopic (exact) mass is 585 g/mol. The first kappa shape index (κ1) is 29.0. The zero-order valence-electron chi connectivity index (χ0n) is 23.2. The summed E-state index contributed by atoms with van der Waals surface area (Å²) in [6.45, 7) is 2.06. The summed E-state index contributed by atoms with van der Waals surface area (Å²) in [5, 5.41) is 2.26. The Morgan fingerprint density at radius 3 is 2.56 bits per heavy atom. The lowest BCUT2D eigenvalue weighted by Crippen LogP contribution is -2.38. The van der Waals surface area contributed by atoms with E-state index in [1.165, 1.54) is 55.2 Å². The summed E-state index contributed by atoms with van der Waals surface area (Å²) in [5.41, 5.74) is 7.39. The summed E-state index contributed by atoms with van der Waals surface area (Å²) in [5.74, 6) is 6.26. The smallest absolute Gasteiger partial charge is 0.248 e. The molecule has 41 heavy (non-hydrogen) atoms. The molecule has 3 atom stereocenters. The fourth-order valence-corrected chi connectivity index (χ4v) is 8.13. The molecule has 0 radical (unpaired) electrons. The Kier molecular flexibility index (Phi) is 9.48. The number of nitrogens with two attached hydrogens (primary N) is 1. The summed E-state index contributed by atoms with van der Waals surface area (Å²) in [6, 6.07) is 20.6. The van der Waals surface area contributed by atoms with E-state index in [4.69, 9.17) is 5.73 Å². The number of hydrogen-bond acceptors (Lipinski definition) is 5. The number of anilines is 1. The molecule has 1 aliphatic heterocycles. The number of rotatable bonds is 8. The number of carbonyl (C=O) groups is 3. The van der Waals surface area contributed by atoms with E-state index in [2.05, 4.69) is 24.1 Å². The number of amides is 3. The Hall–Kier alpha value is -3.54. The third-order valence-electron chi connectivity index (χ3n) is 7.61. The summed E-state index contributed by atoms with van der Waals surface area (Å²) >= 11 is 3.00. The van der Waals surface area contributed by atoms with E-state index >= 15 is 0 Å². The van der Waals surface area contributed by atoms with Gasteiger partial charge in [0.1, 0.15) is 5.37 Å². The molecule has 1 aromatic heterocycles. The first-order valence-corrected chi connectivity index (χ1v) is 16.0. The van der Waals surface area contributed by atoms with Gasteiger partial charge in [0.05, 0.1) is 10.1 Å². The van der Waals surface area contributed by atoms with Crippen LogP contribution in [0.3, 0.4) is 0 Å². The molecule has 2 aliphatic rings. The van der Waals surface area contributed by atoms with Crippen molar-refractivity contribution in [1.29, 1.82) is 0 Å². The van der Waals surface area contributed by atoms with E-state index in [0.717, 1.165) is 21.7 Å². The van der Waals surface area contributed by atoms with Gasteiger partial charge in [-0.15, -0.1) is 23.1 Å². The molecule has 1 saturated carbocycles. The molecule has 1 saturated heterocycles. The van der Waals surface area contributed by atoms with Crippen molar-refractivity contribution in [2.24, 2.45) is 11.7 Å². The zero-order chi connectivity index (χ0) is 28.8. The van der Waals surface area contributed by atoms with Gasteiger partial charge in [-0.1, -0.05) is 68.2 Å². The predicted molar refractivity (Wildman–Crippen MR) is 167 cm³/mol. The number of primary amides is 1. The summed E-state index contributed by atoms with van der Waals surface area (Å²) in [6.07, 6.45) is 7.40. The van der Waals surface area contributed by atoms with Crippen molar-refractivity contribution in [3.63, 3.8) is 0 Å². The fraction of sp³-hybridized carbons (Fsp3) is 0.364. The minimum atomic E-state index is -0.555. The van der Waals surface area contributed by atoms with Gasteiger partial charge < -0.3 is 11.1 Å². The van der Waals surface area contributed by atoms with E-state index in [1.807, 2.05) is 42.5 Å². The molecule has 0 spiro atoms. The van der Waals surface area contributed by atoms with E-state index < -0.39 is 11.2 Å². The number of thiophene rings is 1. The van der Waals surface area contributed by atoms with E-state index in [9.17, 15) is 14.4 Å². The third kappa shape index (κ3) is 7.41. The average molecular weight is 586 g/mol. The summed E-state index contributed by atoms with van der Waals surface area (Å²) in [4.78, 5) is 42.3. The van der Waals surface area contributed by atoms with Crippen LogP contribution in [-0.2, 0) is 9.59 Å².